The summed E-state index contributed by atoms with van der Waals surface area (Å²) in [6, 6.07) is 2.37. The van der Waals surface area contributed by atoms with Crippen LogP contribution in [-0.2, 0) is 17.8 Å². The van der Waals surface area contributed by atoms with Gasteiger partial charge in [-0.25, -0.2) is 0 Å². The Kier molecular flexibility index (Phi) is 2.32. The molecule has 0 saturated carbocycles. The molecule has 3 heteroatoms. The molecule has 76 valence electrons. The van der Waals surface area contributed by atoms with Crippen LogP contribution in [0.4, 0.5) is 0 Å². The van der Waals surface area contributed by atoms with Crippen LogP contribution in [0.5, 0.6) is 0 Å². The minimum Gasteiger partial charge on any atom is -0.376 e. The van der Waals surface area contributed by atoms with Crippen molar-refractivity contribution in [2.24, 2.45) is 0 Å². The number of hydrogen-bond acceptors (Lipinski definition) is 3. The van der Waals surface area contributed by atoms with E-state index in [1.54, 1.807) is 9.75 Å². The number of rotatable bonds is 1. The average molecular weight is 209 g/mol. The number of hydrogen-bond donors (Lipinski definition) is 1. The monoisotopic (exact) mass is 209 g/mol. The van der Waals surface area contributed by atoms with Crippen LogP contribution in [0.25, 0.3) is 0 Å². The lowest BCUT2D eigenvalue weighted by Gasteiger charge is -2.10. The third-order valence-corrected chi connectivity index (χ3v) is 4.51. The lowest BCUT2D eigenvalue weighted by molar-refractivity contribution is 0.112. The molecule has 1 aromatic heterocycles. The standard InChI is InChI=1S/C11H15NOS/c1-3-12-6-8(1)11-5-9-7-13-4-2-10(9)14-11/h5,8,12H,1-4,6-7H2. The van der Waals surface area contributed by atoms with Crippen LogP contribution in [0.1, 0.15) is 27.7 Å². The van der Waals surface area contributed by atoms with Crippen LogP contribution >= 0.6 is 11.3 Å². The predicted octanol–water partition coefficient (Wildman–Crippen LogP) is 1.90. The SMILES string of the molecule is c1c(C2CCNC2)sc2c1COCC2. The van der Waals surface area contributed by atoms with Gasteiger partial charge in [0.15, 0.2) is 0 Å². The van der Waals surface area contributed by atoms with Crippen LogP contribution < -0.4 is 5.32 Å². The lowest BCUT2D eigenvalue weighted by atomic mass is 10.1. The zero-order valence-corrected chi connectivity index (χ0v) is 9.03. The highest BCUT2D eigenvalue weighted by molar-refractivity contribution is 7.12. The molecule has 0 bridgehead atoms. The number of ether oxygens (including phenoxy) is 1. The van der Waals surface area contributed by atoms with Crippen molar-refractivity contribution in [3.63, 3.8) is 0 Å². The van der Waals surface area contributed by atoms with E-state index < -0.39 is 0 Å². The maximum atomic E-state index is 5.46. The largest absolute Gasteiger partial charge is 0.376 e. The van der Waals surface area contributed by atoms with E-state index in [1.165, 1.54) is 25.1 Å². The molecule has 1 saturated heterocycles. The Hall–Kier alpha value is -0.380. The molecular weight excluding hydrogens is 194 g/mol. The smallest absolute Gasteiger partial charge is 0.0727 e. The van der Waals surface area contributed by atoms with E-state index in [1.807, 2.05) is 11.3 Å². The van der Waals surface area contributed by atoms with Gasteiger partial charge in [0, 0.05) is 28.6 Å². The molecule has 14 heavy (non-hydrogen) atoms. The first-order valence-corrected chi connectivity index (χ1v) is 6.15. The Labute approximate surface area is 88.3 Å². The second kappa shape index (κ2) is 3.65. The normalized spacial score (nSPS) is 26.4. The van der Waals surface area contributed by atoms with E-state index in [9.17, 15) is 0 Å². The highest BCUT2D eigenvalue weighted by atomic mass is 32.1. The fourth-order valence-corrected chi connectivity index (χ4v) is 3.56. The van der Waals surface area contributed by atoms with Gasteiger partial charge in [-0.05, 0) is 24.6 Å². The molecule has 2 nitrogen and oxygen atoms in total. The fourth-order valence-electron chi connectivity index (χ4n) is 2.27. The molecule has 3 rings (SSSR count). The van der Waals surface area contributed by atoms with Crippen molar-refractivity contribution in [3.05, 3.63) is 21.4 Å². The summed E-state index contributed by atoms with van der Waals surface area (Å²) < 4.78 is 5.46. The molecule has 0 aliphatic carbocycles. The molecule has 1 unspecified atom stereocenters. The van der Waals surface area contributed by atoms with E-state index in [-0.39, 0.29) is 0 Å². The third-order valence-electron chi connectivity index (χ3n) is 3.11. The predicted molar refractivity (Wildman–Crippen MR) is 57.9 cm³/mol. The minimum atomic E-state index is 0.769. The van der Waals surface area contributed by atoms with Gasteiger partial charge in [-0.15, -0.1) is 11.3 Å². The van der Waals surface area contributed by atoms with E-state index in [0.29, 0.717) is 0 Å². The van der Waals surface area contributed by atoms with E-state index in [4.69, 9.17) is 4.74 Å². The molecule has 1 aromatic rings. The molecule has 0 spiro atoms. The Bertz CT molecular complexity index is 305. The quantitative estimate of drug-likeness (QED) is 0.762. The zero-order valence-electron chi connectivity index (χ0n) is 8.21. The zero-order chi connectivity index (χ0) is 9.38. The van der Waals surface area contributed by atoms with Crippen molar-refractivity contribution < 1.29 is 4.74 Å². The highest BCUT2D eigenvalue weighted by Crippen LogP contribution is 2.34. The molecule has 1 atom stereocenters. The first kappa shape index (κ1) is 8.89. The summed E-state index contributed by atoms with van der Waals surface area (Å²) in [5, 5.41) is 3.43. The van der Waals surface area contributed by atoms with Gasteiger partial charge < -0.3 is 10.1 Å². The molecular formula is C11H15NOS. The molecule has 3 heterocycles. The molecule has 1 fully saturated rings. The third kappa shape index (κ3) is 1.49. The van der Waals surface area contributed by atoms with Crippen molar-refractivity contribution in [2.75, 3.05) is 19.7 Å². The summed E-state index contributed by atoms with van der Waals surface area (Å²) in [7, 11) is 0. The summed E-state index contributed by atoms with van der Waals surface area (Å²) in [5.74, 6) is 0.769. The van der Waals surface area contributed by atoms with E-state index in [2.05, 4.69) is 11.4 Å². The van der Waals surface area contributed by atoms with Crippen molar-refractivity contribution in [1.29, 1.82) is 0 Å². The molecule has 2 aliphatic heterocycles. The Morgan fingerprint density at radius 3 is 3.29 bits per heavy atom. The van der Waals surface area contributed by atoms with Gasteiger partial charge in [-0.2, -0.15) is 0 Å². The summed E-state index contributed by atoms with van der Waals surface area (Å²) in [6.45, 7) is 4.10. The maximum absolute atomic E-state index is 5.46. The van der Waals surface area contributed by atoms with Crippen LogP contribution in [0.2, 0.25) is 0 Å². The highest BCUT2D eigenvalue weighted by Gasteiger charge is 2.21. The first-order valence-electron chi connectivity index (χ1n) is 5.33. The van der Waals surface area contributed by atoms with Crippen molar-refractivity contribution in [3.8, 4) is 0 Å². The maximum Gasteiger partial charge on any atom is 0.0727 e. The molecule has 0 aromatic carbocycles. The number of fused-ring (bicyclic) bond motifs is 1. The van der Waals surface area contributed by atoms with E-state index >= 15 is 0 Å². The average Bonchev–Trinajstić information content (AvgIpc) is 2.86. The Balaban J connectivity index is 1.87. The first-order chi connectivity index (χ1) is 6.93. The van der Waals surface area contributed by atoms with Gasteiger partial charge in [0.25, 0.3) is 0 Å². The lowest BCUT2D eigenvalue weighted by Crippen LogP contribution is -2.07. The van der Waals surface area contributed by atoms with Gasteiger partial charge in [0.2, 0.25) is 0 Å². The van der Waals surface area contributed by atoms with Gasteiger partial charge in [0.1, 0.15) is 0 Å². The number of thiophene rings is 1. The minimum absolute atomic E-state index is 0.769. The summed E-state index contributed by atoms with van der Waals surface area (Å²) >= 11 is 2.01. The van der Waals surface area contributed by atoms with Crippen LogP contribution in [0, 0.1) is 0 Å². The molecule has 0 amide bonds. The van der Waals surface area contributed by atoms with Crippen LogP contribution in [0.15, 0.2) is 6.07 Å². The van der Waals surface area contributed by atoms with Crippen molar-refractivity contribution in [2.45, 2.75) is 25.4 Å². The van der Waals surface area contributed by atoms with Crippen LogP contribution in [-0.4, -0.2) is 19.7 Å². The summed E-state index contributed by atoms with van der Waals surface area (Å²) in [5.41, 5.74) is 1.45. The van der Waals surface area contributed by atoms with E-state index in [0.717, 1.165) is 25.6 Å². The fraction of sp³-hybridized carbons (Fsp3) is 0.636. The summed E-state index contributed by atoms with van der Waals surface area (Å²) in [6.07, 6.45) is 2.43. The second-order valence-electron chi connectivity index (χ2n) is 4.09. The molecule has 0 radical (unpaired) electrons. The van der Waals surface area contributed by atoms with Gasteiger partial charge in [0.05, 0.1) is 13.2 Å². The van der Waals surface area contributed by atoms with Crippen LogP contribution in [0.3, 0.4) is 0 Å². The van der Waals surface area contributed by atoms with Crippen molar-refractivity contribution in [1.82, 2.24) is 5.32 Å². The topological polar surface area (TPSA) is 21.3 Å². The van der Waals surface area contributed by atoms with Gasteiger partial charge >= 0.3 is 0 Å². The van der Waals surface area contributed by atoms with Gasteiger partial charge in [-0.1, -0.05) is 0 Å². The second-order valence-corrected chi connectivity index (χ2v) is 5.26. The summed E-state index contributed by atoms with van der Waals surface area (Å²) in [4.78, 5) is 3.14. The molecule has 1 N–H and O–H groups in total. The van der Waals surface area contributed by atoms with Gasteiger partial charge in [-0.3, -0.25) is 0 Å². The Morgan fingerprint density at radius 2 is 2.50 bits per heavy atom. The Morgan fingerprint density at radius 1 is 1.50 bits per heavy atom. The number of nitrogens with one attached hydrogen (secondary N) is 1. The molecule has 2 aliphatic rings. The van der Waals surface area contributed by atoms with Crippen molar-refractivity contribution >= 4 is 11.3 Å².